The molecule has 1 aromatic carbocycles. The summed E-state index contributed by atoms with van der Waals surface area (Å²) in [5.74, 6) is 0.259. The van der Waals surface area contributed by atoms with Crippen molar-refractivity contribution < 1.29 is 4.79 Å². The number of amides is 1. The molecule has 2 N–H and O–H groups in total. The van der Waals surface area contributed by atoms with Crippen molar-refractivity contribution in [3.05, 3.63) is 60.2 Å². The normalized spacial score (nSPS) is 14.7. The molecule has 0 saturated carbocycles. The SMILES string of the molecule is CCc1cnc(N2CCC(n3nnc4cc(-c5ccc(C(N)=O)nc5)ccc43)CC2)nc1. The number of aromatic nitrogens is 6. The molecule has 0 radical (unpaired) electrons. The van der Waals surface area contributed by atoms with Crippen LogP contribution < -0.4 is 10.6 Å². The van der Waals surface area contributed by atoms with Gasteiger partial charge in [-0.3, -0.25) is 9.78 Å². The molecule has 0 spiro atoms. The topological polar surface area (TPSA) is 116 Å². The van der Waals surface area contributed by atoms with E-state index in [1.54, 1.807) is 12.3 Å². The number of carbonyl (C=O) groups is 1. The summed E-state index contributed by atoms with van der Waals surface area (Å²) in [6.45, 7) is 3.87. The van der Waals surface area contributed by atoms with E-state index in [2.05, 4.69) is 37.1 Å². The maximum absolute atomic E-state index is 11.2. The minimum atomic E-state index is -0.537. The van der Waals surface area contributed by atoms with Crippen molar-refractivity contribution in [1.82, 2.24) is 29.9 Å². The molecule has 1 aliphatic rings. The highest BCUT2D eigenvalue weighted by Gasteiger charge is 2.24. The van der Waals surface area contributed by atoms with Gasteiger partial charge >= 0.3 is 0 Å². The largest absolute Gasteiger partial charge is 0.364 e. The molecule has 3 aromatic heterocycles. The van der Waals surface area contributed by atoms with Crippen LogP contribution in [0.15, 0.2) is 48.9 Å². The van der Waals surface area contributed by atoms with E-state index in [4.69, 9.17) is 5.73 Å². The molecule has 0 bridgehead atoms. The molecule has 1 saturated heterocycles. The monoisotopic (exact) mass is 428 g/mol. The standard InChI is InChI=1S/C23H24N8O/c1-2-15-12-26-23(27-13-15)30-9-7-18(8-10-30)31-21-6-4-16(11-20(21)28-29-31)17-3-5-19(22(24)32)25-14-17/h3-6,11-14,18H,2,7-10H2,1H3,(H2,24,32). The van der Waals surface area contributed by atoms with E-state index in [1.165, 1.54) is 0 Å². The van der Waals surface area contributed by atoms with Gasteiger partial charge < -0.3 is 10.6 Å². The summed E-state index contributed by atoms with van der Waals surface area (Å²) in [6.07, 6.45) is 8.33. The number of hydrogen-bond donors (Lipinski definition) is 1. The van der Waals surface area contributed by atoms with Crippen molar-refractivity contribution in [2.75, 3.05) is 18.0 Å². The van der Waals surface area contributed by atoms with Crippen molar-refractivity contribution in [2.24, 2.45) is 5.73 Å². The van der Waals surface area contributed by atoms with E-state index in [0.29, 0.717) is 0 Å². The molecule has 0 aliphatic carbocycles. The van der Waals surface area contributed by atoms with Gasteiger partial charge in [0.15, 0.2) is 0 Å². The highest BCUT2D eigenvalue weighted by molar-refractivity contribution is 5.91. The Kier molecular flexibility index (Phi) is 5.22. The molecule has 1 fully saturated rings. The van der Waals surface area contributed by atoms with Crippen molar-refractivity contribution >= 4 is 22.9 Å². The number of aryl methyl sites for hydroxylation is 1. The number of primary amides is 1. The molecule has 0 unspecified atom stereocenters. The molecule has 9 nitrogen and oxygen atoms in total. The third-order valence-corrected chi connectivity index (χ3v) is 6.01. The van der Waals surface area contributed by atoms with Gasteiger partial charge in [-0.1, -0.05) is 24.3 Å². The molecule has 9 heteroatoms. The summed E-state index contributed by atoms with van der Waals surface area (Å²) in [5, 5.41) is 8.85. The first-order valence-corrected chi connectivity index (χ1v) is 10.8. The van der Waals surface area contributed by atoms with E-state index in [1.807, 2.05) is 41.3 Å². The molecular formula is C23H24N8O. The minimum Gasteiger partial charge on any atom is -0.364 e. The number of fused-ring (bicyclic) bond motifs is 1. The lowest BCUT2D eigenvalue weighted by Gasteiger charge is -2.32. The molecule has 4 aromatic rings. The third-order valence-electron chi connectivity index (χ3n) is 6.01. The van der Waals surface area contributed by atoms with Gasteiger partial charge in [-0.05, 0) is 48.6 Å². The second-order valence-electron chi connectivity index (χ2n) is 8.00. The summed E-state index contributed by atoms with van der Waals surface area (Å²) < 4.78 is 2.03. The summed E-state index contributed by atoms with van der Waals surface area (Å²) in [7, 11) is 0. The van der Waals surface area contributed by atoms with Crippen molar-refractivity contribution in [2.45, 2.75) is 32.2 Å². The van der Waals surface area contributed by atoms with Crippen LogP contribution in [0.1, 0.15) is 41.9 Å². The molecule has 32 heavy (non-hydrogen) atoms. The van der Waals surface area contributed by atoms with Gasteiger partial charge in [0, 0.05) is 37.2 Å². The molecule has 5 rings (SSSR count). The Balaban J connectivity index is 1.31. The van der Waals surface area contributed by atoms with Gasteiger partial charge in [0.2, 0.25) is 5.95 Å². The highest BCUT2D eigenvalue weighted by atomic mass is 16.1. The fourth-order valence-electron chi connectivity index (χ4n) is 4.11. The average Bonchev–Trinajstić information content (AvgIpc) is 3.27. The van der Waals surface area contributed by atoms with Gasteiger partial charge in [-0.15, -0.1) is 5.10 Å². The lowest BCUT2D eigenvalue weighted by molar-refractivity contribution is 0.0995. The van der Waals surface area contributed by atoms with Crippen molar-refractivity contribution in [3.63, 3.8) is 0 Å². The Morgan fingerprint density at radius 2 is 1.78 bits per heavy atom. The van der Waals surface area contributed by atoms with Crippen LogP contribution >= 0.6 is 0 Å². The zero-order valence-corrected chi connectivity index (χ0v) is 17.8. The first-order valence-electron chi connectivity index (χ1n) is 10.8. The predicted molar refractivity (Wildman–Crippen MR) is 121 cm³/mol. The molecule has 4 heterocycles. The molecule has 162 valence electrons. The van der Waals surface area contributed by atoms with Gasteiger partial charge in [0.1, 0.15) is 11.2 Å². The number of rotatable bonds is 5. The maximum atomic E-state index is 11.2. The number of carbonyl (C=O) groups excluding carboxylic acids is 1. The van der Waals surface area contributed by atoms with Crippen LogP contribution in [0.4, 0.5) is 5.95 Å². The van der Waals surface area contributed by atoms with Crippen LogP contribution in [0.2, 0.25) is 0 Å². The Labute approximate surface area is 185 Å². The number of pyridine rings is 1. The van der Waals surface area contributed by atoms with Crippen LogP contribution in [-0.2, 0) is 6.42 Å². The van der Waals surface area contributed by atoms with Crippen molar-refractivity contribution in [3.8, 4) is 11.1 Å². The number of piperidine rings is 1. The highest BCUT2D eigenvalue weighted by Crippen LogP contribution is 2.29. The second kappa shape index (κ2) is 8.33. The average molecular weight is 429 g/mol. The van der Waals surface area contributed by atoms with E-state index < -0.39 is 5.91 Å². The van der Waals surface area contributed by atoms with Gasteiger partial charge in [0.05, 0.1) is 11.6 Å². The van der Waals surface area contributed by atoms with Crippen LogP contribution in [0.3, 0.4) is 0 Å². The van der Waals surface area contributed by atoms with Crippen LogP contribution in [-0.4, -0.2) is 48.9 Å². The number of nitrogens with zero attached hydrogens (tertiary/aromatic N) is 7. The summed E-state index contributed by atoms with van der Waals surface area (Å²) in [4.78, 5) is 26.6. The quantitative estimate of drug-likeness (QED) is 0.519. The predicted octanol–water partition coefficient (Wildman–Crippen LogP) is 2.79. The van der Waals surface area contributed by atoms with E-state index in [9.17, 15) is 4.79 Å². The van der Waals surface area contributed by atoms with Crippen molar-refractivity contribution in [1.29, 1.82) is 0 Å². The summed E-state index contributed by atoms with van der Waals surface area (Å²) >= 11 is 0. The third kappa shape index (κ3) is 3.77. The minimum absolute atomic E-state index is 0.249. The Morgan fingerprint density at radius 3 is 2.44 bits per heavy atom. The zero-order chi connectivity index (χ0) is 22.1. The Morgan fingerprint density at radius 1 is 1.03 bits per heavy atom. The van der Waals surface area contributed by atoms with Gasteiger partial charge in [-0.25, -0.2) is 14.6 Å². The summed E-state index contributed by atoms with van der Waals surface area (Å²) in [5.41, 5.74) is 10.4. The Bertz CT molecular complexity index is 1240. The first kappa shape index (κ1) is 20.0. The molecule has 0 atom stereocenters. The smallest absolute Gasteiger partial charge is 0.267 e. The van der Waals surface area contributed by atoms with E-state index >= 15 is 0 Å². The number of benzene rings is 1. The second-order valence-corrected chi connectivity index (χ2v) is 8.00. The van der Waals surface area contributed by atoms with Crippen LogP contribution in [0.25, 0.3) is 22.2 Å². The lowest BCUT2D eigenvalue weighted by Crippen LogP contribution is -2.36. The Hall–Kier alpha value is -3.88. The van der Waals surface area contributed by atoms with Gasteiger partial charge in [-0.2, -0.15) is 0 Å². The number of nitrogens with two attached hydrogens (primary N) is 1. The van der Waals surface area contributed by atoms with E-state index in [-0.39, 0.29) is 11.7 Å². The number of hydrogen-bond acceptors (Lipinski definition) is 7. The molecular weight excluding hydrogens is 404 g/mol. The molecule has 1 aliphatic heterocycles. The summed E-state index contributed by atoms with van der Waals surface area (Å²) in [6, 6.07) is 9.83. The first-order chi connectivity index (χ1) is 15.6. The molecule has 1 amide bonds. The zero-order valence-electron chi connectivity index (χ0n) is 17.8. The lowest BCUT2D eigenvalue weighted by atomic mass is 10.0. The van der Waals surface area contributed by atoms with E-state index in [0.717, 1.165) is 66.0 Å². The van der Waals surface area contributed by atoms with Gasteiger partial charge in [0.25, 0.3) is 5.91 Å². The number of anilines is 1. The fourth-order valence-corrected chi connectivity index (χ4v) is 4.11. The fraction of sp³-hybridized carbons (Fsp3) is 0.304. The van der Waals surface area contributed by atoms with Crippen LogP contribution in [0.5, 0.6) is 0 Å². The van der Waals surface area contributed by atoms with Crippen LogP contribution in [0, 0.1) is 0 Å². The maximum Gasteiger partial charge on any atom is 0.267 e.